The van der Waals surface area contributed by atoms with Gasteiger partial charge >= 0.3 is 0 Å². The van der Waals surface area contributed by atoms with Crippen LogP contribution in [-0.2, 0) is 15.8 Å². The highest BCUT2D eigenvalue weighted by Gasteiger charge is 2.46. The van der Waals surface area contributed by atoms with Crippen LogP contribution >= 0.6 is 11.6 Å². The van der Waals surface area contributed by atoms with E-state index < -0.39 is 28.6 Å². The number of pyridine rings is 1. The largest absolute Gasteiger partial charge is 0.495 e. The Labute approximate surface area is 287 Å². The maximum atomic E-state index is 14.3. The third-order valence-electron chi connectivity index (χ3n) is 8.99. The molecular weight excluding hydrogens is 653 g/mol. The molecule has 0 bridgehead atoms. The summed E-state index contributed by atoms with van der Waals surface area (Å²) < 4.78 is 31.1. The summed E-state index contributed by atoms with van der Waals surface area (Å²) in [5, 5.41) is 15.7. The van der Waals surface area contributed by atoms with Gasteiger partial charge in [0.2, 0.25) is 5.91 Å². The molecule has 2 amide bonds. The van der Waals surface area contributed by atoms with Crippen LogP contribution in [0.15, 0.2) is 71.7 Å². The molecule has 2 aliphatic rings. The van der Waals surface area contributed by atoms with Gasteiger partial charge in [-0.3, -0.25) is 14.6 Å². The van der Waals surface area contributed by atoms with Gasteiger partial charge in [-0.2, -0.15) is 0 Å². The topological polar surface area (TPSA) is 171 Å². The van der Waals surface area contributed by atoms with Crippen molar-refractivity contribution < 1.29 is 33.3 Å². The van der Waals surface area contributed by atoms with Gasteiger partial charge in [-0.1, -0.05) is 54.1 Å². The van der Waals surface area contributed by atoms with Gasteiger partial charge in [0.1, 0.15) is 40.6 Å². The lowest BCUT2D eigenvalue weighted by atomic mass is 9.80. The number of ether oxygens (including phenoxy) is 3. The zero-order chi connectivity index (χ0) is 35.1. The molecule has 11 nitrogen and oxygen atoms in total. The fourth-order valence-electron chi connectivity index (χ4n) is 5.67. The van der Waals surface area contributed by atoms with Crippen molar-refractivity contribution in [1.29, 1.82) is 0 Å². The molecule has 6 rings (SSSR count). The van der Waals surface area contributed by atoms with Crippen molar-refractivity contribution in [2.45, 2.75) is 36.6 Å². The smallest absolute Gasteiger partial charge is 0.251 e. The first-order chi connectivity index (χ1) is 23.3. The van der Waals surface area contributed by atoms with Gasteiger partial charge in [-0.25, -0.2) is 9.37 Å². The van der Waals surface area contributed by atoms with Crippen LogP contribution in [0.3, 0.4) is 0 Å². The lowest BCUT2D eigenvalue weighted by molar-refractivity contribution is -0.123. The molecule has 3 aromatic carbocycles. The van der Waals surface area contributed by atoms with E-state index in [-0.39, 0.29) is 52.3 Å². The van der Waals surface area contributed by atoms with Gasteiger partial charge in [0.05, 0.1) is 37.2 Å². The molecule has 2 heterocycles. The number of halogens is 2. The Kier molecular flexibility index (Phi) is 8.72. The molecule has 254 valence electrons. The molecule has 1 aromatic heterocycles. The second-order valence-corrected chi connectivity index (χ2v) is 12.7. The highest BCUT2D eigenvalue weighted by atomic mass is 35.5. The minimum atomic E-state index is -1.96. The normalized spacial score (nSPS) is 18.7. The van der Waals surface area contributed by atoms with Crippen LogP contribution in [0.25, 0.3) is 11.3 Å². The molecule has 49 heavy (non-hydrogen) atoms. The lowest BCUT2D eigenvalue weighted by Crippen LogP contribution is -2.43. The van der Waals surface area contributed by atoms with Crippen LogP contribution in [0, 0.1) is 0 Å². The average Bonchev–Trinajstić information content (AvgIpc) is 3.75. The Morgan fingerprint density at radius 2 is 1.84 bits per heavy atom. The number of aromatic nitrogens is 1. The summed E-state index contributed by atoms with van der Waals surface area (Å²) >= 11 is 6.75. The lowest BCUT2D eigenvalue weighted by Gasteiger charge is -2.30. The van der Waals surface area contributed by atoms with Crippen LogP contribution in [0.1, 0.15) is 52.5 Å². The van der Waals surface area contributed by atoms with Gasteiger partial charge in [-0.05, 0) is 36.8 Å². The van der Waals surface area contributed by atoms with Crippen molar-refractivity contribution in [3.8, 4) is 28.5 Å². The number of nitrogens with one attached hydrogen (secondary N) is 1. The van der Waals surface area contributed by atoms with E-state index in [4.69, 9.17) is 42.3 Å². The minimum absolute atomic E-state index is 0.0635. The maximum absolute atomic E-state index is 14.3. The summed E-state index contributed by atoms with van der Waals surface area (Å²) in [5.41, 5.74) is 11.0. The molecule has 0 saturated heterocycles. The van der Waals surface area contributed by atoms with E-state index in [0.29, 0.717) is 40.8 Å². The maximum Gasteiger partial charge on any atom is 0.251 e. The van der Waals surface area contributed by atoms with E-state index in [0.717, 1.165) is 0 Å². The van der Waals surface area contributed by atoms with Crippen LogP contribution < -0.4 is 31.0 Å². The number of amides is 2. The first kappa shape index (κ1) is 33.7. The quantitative estimate of drug-likeness (QED) is 0.100. The summed E-state index contributed by atoms with van der Waals surface area (Å²) in [7, 11) is 2.88. The molecule has 13 heteroatoms. The number of fused-ring (bicyclic) bond motifs is 1. The molecule has 1 aliphatic carbocycles. The first-order valence-corrected chi connectivity index (χ1v) is 15.8. The number of hydrogen-bond acceptors (Lipinski definition) is 9. The van der Waals surface area contributed by atoms with E-state index in [1.807, 2.05) is 0 Å². The van der Waals surface area contributed by atoms with E-state index in [1.165, 1.54) is 32.6 Å². The number of carbonyl (C=O) groups is 2. The van der Waals surface area contributed by atoms with Crippen LogP contribution in [0.2, 0.25) is 5.02 Å². The molecule has 6 N–H and O–H groups in total. The zero-order valence-corrected chi connectivity index (χ0v) is 27.8. The number of nitrogens with two attached hydrogens (primary N) is 2. The molecular formula is C36H35ClFN5O6. The summed E-state index contributed by atoms with van der Waals surface area (Å²) in [4.78, 5) is 35.4. The Bertz CT molecular complexity index is 1990. The summed E-state index contributed by atoms with van der Waals surface area (Å²) in [6.07, 6.45) is 1.91. The number of hydrogen-bond donors (Lipinski definition) is 4. The molecule has 0 radical (unpaired) electrons. The summed E-state index contributed by atoms with van der Waals surface area (Å²) in [6, 6.07) is 18.2. The Morgan fingerprint density at radius 1 is 1.12 bits per heavy atom. The number of carbonyl (C=O) groups excluding carboxylic acids is 2. The fraction of sp³-hybridized carbons (Fsp3) is 0.278. The third-order valence-corrected chi connectivity index (χ3v) is 9.38. The second-order valence-electron chi connectivity index (χ2n) is 12.3. The molecule has 0 spiro atoms. The number of alkyl halides is 1. The van der Waals surface area contributed by atoms with Gasteiger partial charge < -0.3 is 36.1 Å². The monoisotopic (exact) mass is 687 g/mol. The predicted molar refractivity (Wildman–Crippen MR) is 183 cm³/mol. The van der Waals surface area contributed by atoms with E-state index >= 15 is 0 Å². The van der Waals surface area contributed by atoms with Crippen LogP contribution in [0.5, 0.6) is 17.2 Å². The standard InChI is InChI=1S/C36H35ClFN5O6/c1-34(33(40)45)19-49-31-24(34)16-27(43-30(31)23-10-7-11-25(47-2)28(23)37)36(46,22-8-5-4-6-9-22)18-41-32(44)20-14-21(17-42-35(38)12-13-35)29(39)26(15-20)48-3/h4-11,14-17,46H,12-13,18-19,39H2,1-3H3,(H2,40,45)(H,41,44)/b42-17+/t34-,36+/m0/s1. The number of nitrogen functional groups attached to an aromatic ring is 1. The van der Waals surface area contributed by atoms with Crippen molar-refractivity contribution in [3.05, 3.63) is 99.7 Å². The van der Waals surface area contributed by atoms with Crippen molar-refractivity contribution in [1.82, 2.24) is 10.3 Å². The highest BCUT2D eigenvalue weighted by molar-refractivity contribution is 6.34. The highest BCUT2D eigenvalue weighted by Crippen LogP contribution is 2.48. The van der Waals surface area contributed by atoms with Crippen LogP contribution in [0.4, 0.5) is 10.1 Å². The average molecular weight is 688 g/mol. The summed E-state index contributed by atoms with van der Waals surface area (Å²) in [5.74, 6) is -2.00. The number of rotatable bonds is 11. The number of aliphatic hydroxyl groups is 1. The number of nitrogens with zero attached hydrogens (tertiary/aromatic N) is 2. The molecule has 2 atom stereocenters. The number of benzene rings is 3. The van der Waals surface area contributed by atoms with Crippen molar-refractivity contribution in [2.75, 3.05) is 33.1 Å². The molecule has 1 aliphatic heterocycles. The van der Waals surface area contributed by atoms with Gasteiger partial charge in [0.25, 0.3) is 5.91 Å². The fourth-order valence-corrected chi connectivity index (χ4v) is 5.96. The molecule has 4 aromatic rings. The number of primary amides is 1. The van der Waals surface area contributed by atoms with E-state index in [1.54, 1.807) is 61.5 Å². The minimum Gasteiger partial charge on any atom is -0.495 e. The van der Waals surface area contributed by atoms with Crippen molar-refractivity contribution in [3.63, 3.8) is 0 Å². The SMILES string of the molecule is COc1cc(C(=O)NC[C@@](O)(c2ccccc2)c2cc3c(c(-c4cccc(OC)c4Cl)n2)OC[C@]3(C)C(N)=O)cc(/C=N/C2(F)CC2)c1N. The molecule has 0 unspecified atom stereocenters. The molecule has 1 saturated carbocycles. The van der Waals surface area contributed by atoms with E-state index in [2.05, 4.69) is 10.3 Å². The summed E-state index contributed by atoms with van der Waals surface area (Å²) in [6.45, 7) is 1.21. The first-order valence-electron chi connectivity index (χ1n) is 15.4. The third kappa shape index (κ3) is 6.13. The second kappa shape index (κ2) is 12.7. The van der Waals surface area contributed by atoms with Crippen molar-refractivity contribution >= 4 is 35.3 Å². The zero-order valence-electron chi connectivity index (χ0n) is 27.1. The predicted octanol–water partition coefficient (Wildman–Crippen LogP) is 4.68. The van der Waals surface area contributed by atoms with E-state index in [9.17, 15) is 19.1 Å². The Morgan fingerprint density at radius 3 is 2.49 bits per heavy atom. The van der Waals surface area contributed by atoms with Gasteiger partial charge in [0, 0.05) is 41.3 Å². The van der Waals surface area contributed by atoms with Gasteiger partial charge in [-0.15, -0.1) is 0 Å². The number of aliphatic imine (C=N–C) groups is 1. The number of methoxy groups -OCH3 is 2. The van der Waals surface area contributed by atoms with Crippen LogP contribution in [-0.4, -0.2) is 61.3 Å². The Hall–Kier alpha value is -5.20. The molecule has 1 fully saturated rings. The number of anilines is 1. The van der Waals surface area contributed by atoms with Crippen molar-refractivity contribution in [2.24, 2.45) is 10.7 Å². The van der Waals surface area contributed by atoms with Gasteiger partial charge in [0.15, 0.2) is 5.79 Å². The Balaban J connectivity index is 1.45.